The minimum absolute atomic E-state index is 0.157. The molecule has 104 valence electrons. The zero-order valence-electron chi connectivity index (χ0n) is 10.3. The van der Waals surface area contributed by atoms with Crippen molar-refractivity contribution < 1.29 is 9.72 Å². The second-order valence-electron chi connectivity index (χ2n) is 3.97. The second kappa shape index (κ2) is 5.64. The van der Waals surface area contributed by atoms with E-state index in [2.05, 4.69) is 21.2 Å². The van der Waals surface area contributed by atoms with Crippen LogP contribution in [-0.4, -0.2) is 15.4 Å². The molecule has 0 radical (unpaired) electrons. The number of nitrogens with one attached hydrogen (secondary N) is 1. The standard InChI is InChI=1S/C12H9BrClN3O3/c1-16-10(4-5-11(16)17(19)20)12(18)15-9-6-7(13)2-3-8(9)14/h2-6H,1H3,(H,15,18). The summed E-state index contributed by atoms with van der Waals surface area (Å²) in [5, 5.41) is 13.7. The van der Waals surface area contributed by atoms with E-state index in [1.807, 2.05) is 0 Å². The molecule has 0 aliphatic carbocycles. The lowest BCUT2D eigenvalue weighted by Crippen LogP contribution is -2.16. The summed E-state index contributed by atoms with van der Waals surface area (Å²) in [6, 6.07) is 7.69. The average Bonchev–Trinajstić information content (AvgIpc) is 2.76. The van der Waals surface area contributed by atoms with Gasteiger partial charge in [0.15, 0.2) is 5.69 Å². The number of rotatable bonds is 3. The third-order valence-electron chi connectivity index (χ3n) is 2.69. The summed E-state index contributed by atoms with van der Waals surface area (Å²) in [6.07, 6.45) is 0. The van der Waals surface area contributed by atoms with E-state index in [0.29, 0.717) is 10.7 Å². The molecule has 0 atom stereocenters. The highest BCUT2D eigenvalue weighted by molar-refractivity contribution is 9.10. The average molecular weight is 359 g/mol. The van der Waals surface area contributed by atoms with E-state index in [9.17, 15) is 14.9 Å². The molecule has 0 fully saturated rings. The van der Waals surface area contributed by atoms with Crippen LogP contribution in [0.25, 0.3) is 0 Å². The van der Waals surface area contributed by atoms with E-state index in [-0.39, 0.29) is 11.5 Å². The summed E-state index contributed by atoms with van der Waals surface area (Å²) < 4.78 is 1.97. The quantitative estimate of drug-likeness (QED) is 0.672. The van der Waals surface area contributed by atoms with Gasteiger partial charge in [0.25, 0.3) is 5.91 Å². The molecule has 1 heterocycles. The molecule has 1 amide bonds. The molecule has 1 N–H and O–H groups in total. The van der Waals surface area contributed by atoms with Crippen LogP contribution in [0.15, 0.2) is 34.8 Å². The van der Waals surface area contributed by atoms with Crippen molar-refractivity contribution >= 4 is 44.9 Å². The summed E-state index contributed by atoms with van der Waals surface area (Å²) in [6.45, 7) is 0. The fraction of sp³-hybridized carbons (Fsp3) is 0.0833. The molecule has 2 aromatic rings. The van der Waals surface area contributed by atoms with E-state index in [1.54, 1.807) is 18.2 Å². The van der Waals surface area contributed by atoms with Crippen LogP contribution < -0.4 is 5.32 Å². The van der Waals surface area contributed by atoms with Gasteiger partial charge in [-0.1, -0.05) is 27.5 Å². The van der Waals surface area contributed by atoms with Crippen LogP contribution in [0.1, 0.15) is 10.5 Å². The predicted molar refractivity (Wildman–Crippen MR) is 79.2 cm³/mol. The highest BCUT2D eigenvalue weighted by Gasteiger charge is 2.21. The molecule has 0 spiro atoms. The Morgan fingerprint density at radius 1 is 1.40 bits per heavy atom. The fourth-order valence-corrected chi connectivity index (χ4v) is 2.22. The minimum atomic E-state index is -0.553. The van der Waals surface area contributed by atoms with Crippen molar-refractivity contribution in [3.8, 4) is 0 Å². The van der Waals surface area contributed by atoms with Crippen LogP contribution in [0.5, 0.6) is 0 Å². The number of amides is 1. The maximum absolute atomic E-state index is 12.1. The Balaban J connectivity index is 2.29. The molecule has 8 heteroatoms. The van der Waals surface area contributed by atoms with Crippen LogP contribution in [0.4, 0.5) is 11.5 Å². The van der Waals surface area contributed by atoms with Gasteiger partial charge < -0.3 is 15.4 Å². The first-order chi connectivity index (χ1) is 9.40. The Hall–Kier alpha value is -1.86. The van der Waals surface area contributed by atoms with Gasteiger partial charge in [-0.2, -0.15) is 0 Å². The highest BCUT2D eigenvalue weighted by atomic mass is 79.9. The van der Waals surface area contributed by atoms with Gasteiger partial charge in [-0.25, -0.2) is 4.57 Å². The van der Waals surface area contributed by atoms with Gasteiger partial charge in [-0.3, -0.25) is 4.79 Å². The van der Waals surface area contributed by atoms with E-state index in [0.717, 1.165) is 4.47 Å². The van der Waals surface area contributed by atoms with Crippen LogP contribution >= 0.6 is 27.5 Å². The van der Waals surface area contributed by atoms with Crippen LogP contribution in [0.2, 0.25) is 5.02 Å². The number of carbonyl (C=O) groups is 1. The summed E-state index contributed by atoms with van der Waals surface area (Å²) in [5.74, 6) is -0.629. The van der Waals surface area contributed by atoms with E-state index >= 15 is 0 Å². The lowest BCUT2D eigenvalue weighted by atomic mass is 10.3. The topological polar surface area (TPSA) is 77.2 Å². The number of nitro groups is 1. The second-order valence-corrected chi connectivity index (χ2v) is 5.29. The van der Waals surface area contributed by atoms with Crippen molar-refractivity contribution in [3.63, 3.8) is 0 Å². The summed E-state index contributed by atoms with van der Waals surface area (Å²) in [5.41, 5.74) is 0.600. The van der Waals surface area contributed by atoms with E-state index < -0.39 is 10.8 Å². The minimum Gasteiger partial charge on any atom is -0.358 e. The number of halogens is 2. The number of hydrogen-bond donors (Lipinski definition) is 1. The molecule has 0 saturated carbocycles. The fourth-order valence-electron chi connectivity index (χ4n) is 1.69. The highest BCUT2D eigenvalue weighted by Crippen LogP contribution is 2.26. The predicted octanol–water partition coefficient (Wildman–Crippen LogP) is 3.60. The van der Waals surface area contributed by atoms with Gasteiger partial charge >= 0.3 is 5.82 Å². The molecule has 0 unspecified atom stereocenters. The maximum atomic E-state index is 12.1. The zero-order chi connectivity index (χ0) is 14.9. The third-order valence-corrected chi connectivity index (χ3v) is 3.51. The molecule has 20 heavy (non-hydrogen) atoms. The first-order valence-corrected chi connectivity index (χ1v) is 6.63. The first-order valence-electron chi connectivity index (χ1n) is 5.46. The molecule has 2 rings (SSSR count). The summed E-state index contributed by atoms with van der Waals surface area (Å²) in [4.78, 5) is 22.3. The molecule has 0 bridgehead atoms. The van der Waals surface area contributed by atoms with Crippen molar-refractivity contribution in [2.75, 3.05) is 5.32 Å². The number of hydrogen-bond acceptors (Lipinski definition) is 3. The molecule has 0 saturated heterocycles. The van der Waals surface area contributed by atoms with Crippen molar-refractivity contribution in [3.05, 3.63) is 55.6 Å². The van der Waals surface area contributed by atoms with Gasteiger partial charge in [0.1, 0.15) is 0 Å². The number of benzene rings is 1. The molecule has 6 nitrogen and oxygen atoms in total. The van der Waals surface area contributed by atoms with Gasteiger partial charge in [-0.15, -0.1) is 0 Å². The van der Waals surface area contributed by atoms with Crippen LogP contribution in [0, 0.1) is 10.1 Å². The third kappa shape index (κ3) is 2.83. The zero-order valence-corrected chi connectivity index (χ0v) is 12.6. The molecule has 1 aromatic heterocycles. The van der Waals surface area contributed by atoms with E-state index in [4.69, 9.17) is 11.6 Å². The van der Waals surface area contributed by atoms with Gasteiger partial charge in [0.2, 0.25) is 0 Å². The lowest BCUT2D eigenvalue weighted by molar-refractivity contribution is -0.391. The number of anilines is 1. The van der Waals surface area contributed by atoms with Crippen molar-refractivity contribution in [1.82, 2.24) is 4.57 Å². The van der Waals surface area contributed by atoms with Crippen LogP contribution in [-0.2, 0) is 7.05 Å². The van der Waals surface area contributed by atoms with E-state index in [1.165, 1.54) is 23.7 Å². The normalized spacial score (nSPS) is 10.3. The van der Waals surface area contributed by atoms with Gasteiger partial charge in [0, 0.05) is 10.5 Å². The lowest BCUT2D eigenvalue weighted by Gasteiger charge is -2.06. The number of nitrogens with zero attached hydrogens (tertiary/aromatic N) is 2. The van der Waals surface area contributed by atoms with Gasteiger partial charge in [0.05, 0.1) is 17.8 Å². The first kappa shape index (κ1) is 14.5. The Kier molecular flexibility index (Phi) is 4.10. The maximum Gasteiger partial charge on any atom is 0.323 e. The molecule has 1 aromatic carbocycles. The Morgan fingerprint density at radius 3 is 2.70 bits per heavy atom. The summed E-state index contributed by atoms with van der Waals surface area (Å²) in [7, 11) is 1.45. The van der Waals surface area contributed by atoms with Crippen molar-refractivity contribution in [2.24, 2.45) is 7.05 Å². The number of carbonyl (C=O) groups excluding carboxylic acids is 1. The van der Waals surface area contributed by atoms with Crippen molar-refractivity contribution in [2.45, 2.75) is 0 Å². The molecular formula is C12H9BrClN3O3. The largest absolute Gasteiger partial charge is 0.358 e. The Morgan fingerprint density at radius 2 is 2.10 bits per heavy atom. The smallest absolute Gasteiger partial charge is 0.323 e. The molecule has 0 aliphatic rings. The van der Waals surface area contributed by atoms with Gasteiger partial charge in [-0.05, 0) is 29.2 Å². The monoisotopic (exact) mass is 357 g/mol. The van der Waals surface area contributed by atoms with Crippen LogP contribution in [0.3, 0.4) is 0 Å². The SMILES string of the molecule is Cn1c(C(=O)Nc2cc(Br)ccc2Cl)ccc1[N+](=O)[O-]. The molecule has 0 aliphatic heterocycles. The number of aromatic nitrogens is 1. The molecular weight excluding hydrogens is 350 g/mol. The van der Waals surface area contributed by atoms with Crippen molar-refractivity contribution in [1.29, 1.82) is 0 Å². The Bertz CT molecular complexity index is 699. The summed E-state index contributed by atoms with van der Waals surface area (Å²) >= 11 is 9.25. The Labute approximate surface area is 127 Å².